The van der Waals surface area contributed by atoms with Gasteiger partial charge in [-0.25, -0.2) is 13.8 Å². The Bertz CT molecular complexity index is 1160. The molecular weight excluding hydrogens is 374 g/mol. The second kappa shape index (κ2) is 7.92. The van der Waals surface area contributed by atoms with Gasteiger partial charge in [-0.3, -0.25) is 10.2 Å². The van der Waals surface area contributed by atoms with Gasteiger partial charge in [-0.15, -0.1) is 0 Å². The van der Waals surface area contributed by atoms with Gasteiger partial charge in [0.05, 0.1) is 5.69 Å². The molecule has 0 spiro atoms. The minimum atomic E-state index is -0.449. The molecule has 0 amide bonds. The highest BCUT2D eigenvalue weighted by Crippen LogP contribution is 2.27. The molecule has 0 saturated heterocycles. The molecule has 0 atom stereocenters. The van der Waals surface area contributed by atoms with Gasteiger partial charge < -0.3 is 4.90 Å². The molecule has 148 valence electrons. The van der Waals surface area contributed by atoms with Crippen LogP contribution in [0.15, 0.2) is 36.4 Å². The van der Waals surface area contributed by atoms with Crippen LogP contribution < -0.4 is 0 Å². The molecule has 29 heavy (non-hydrogen) atoms. The summed E-state index contributed by atoms with van der Waals surface area (Å²) in [6.07, 6.45) is 4.32. The fourth-order valence-electron chi connectivity index (χ4n) is 2.97. The molecule has 2 aromatic heterocycles. The van der Waals surface area contributed by atoms with E-state index in [1.807, 2.05) is 26.2 Å². The number of fused-ring (bicyclic) bond motifs is 1. The molecule has 2 heterocycles. The molecule has 8 heteroatoms. The Hall–Kier alpha value is -3.39. The normalized spacial score (nSPS) is 11.9. The zero-order chi connectivity index (χ0) is 20.4. The van der Waals surface area contributed by atoms with E-state index in [4.69, 9.17) is 0 Å². The van der Waals surface area contributed by atoms with Crippen molar-refractivity contribution >= 4 is 23.1 Å². The van der Waals surface area contributed by atoms with Crippen molar-refractivity contribution in [1.29, 1.82) is 0 Å². The number of nitrogens with one attached hydrogen (secondary N) is 2. The third kappa shape index (κ3) is 4.22. The van der Waals surface area contributed by atoms with Crippen molar-refractivity contribution in [2.24, 2.45) is 0 Å². The van der Waals surface area contributed by atoms with Crippen LogP contribution in [-0.4, -0.2) is 50.9 Å². The number of nitrogens with zero attached hydrogens (tertiary/aromatic N) is 4. The van der Waals surface area contributed by atoms with Gasteiger partial charge in [0.2, 0.25) is 0 Å². The van der Waals surface area contributed by atoms with Crippen molar-refractivity contribution in [2.75, 3.05) is 20.6 Å². The lowest BCUT2D eigenvalue weighted by Crippen LogP contribution is -2.15. The van der Waals surface area contributed by atoms with E-state index in [0.717, 1.165) is 24.4 Å². The van der Waals surface area contributed by atoms with Gasteiger partial charge in [0, 0.05) is 23.9 Å². The molecule has 0 saturated carbocycles. The quantitative estimate of drug-likeness (QED) is 0.520. The average molecular weight is 394 g/mol. The van der Waals surface area contributed by atoms with Gasteiger partial charge in [-0.2, -0.15) is 10.2 Å². The van der Waals surface area contributed by atoms with Crippen LogP contribution in [0.1, 0.15) is 17.1 Å². The monoisotopic (exact) mass is 394 g/mol. The van der Waals surface area contributed by atoms with E-state index in [2.05, 4.69) is 30.3 Å². The van der Waals surface area contributed by atoms with Crippen molar-refractivity contribution in [3.63, 3.8) is 0 Å². The lowest BCUT2D eigenvalue weighted by Gasteiger charge is -2.06. The molecule has 0 aliphatic carbocycles. The molecule has 2 aromatic carbocycles. The van der Waals surface area contributed by atoms with E-state index in [1.54, 1.807) is 18.2 Å². The van der Waals surface area contributed by atoms with E-state index in [0.29, 0.717) is 22.5 Å². The van der Waals surface area contributed by atoms with Crippen molar-refractivity contribution in [1.82, 2.24) is 30.3 Å². The standard InChI is InChI=1S/C21H20F2N6/c1-29(2)10-9-19-24-21(28-26-19)14-11-16-18(25-27-20(16)17(23)12-14)8-5-13-3-6-15(22)7-4-13/h3-8,11-12H,9-10H2,1-2H3,(H,25,27)(H,24,26,28). The SMILES string of the molecule is CN(C)CCc1nc(-c2cc(F)c3n[nH]c(C=Cc4ccc(F)cc4)c3c2)n[nH]1. The van der Waals surface area contributed by atoms with Crippen LogP contribution in [0, 0.1) is 11.6 Å². The first-order chi connectivity index (χ1) is 14.0. The minimum Gasteiger partial charge on any atom is -0.309 e. The highest BCUT2D eigenvalue weighted by Gasteiger charge is 2.14. The Morgan fingerprint density at radius 2 is 1.79 bits per heavy atom. The minimum absolute atomic E-state index is 0.246. The lowest BCUT2D eigenvalue weighted by molar-refractivity contribution is 0.410. The summed E-state index contributed by atoms with van der Waals surface area (Å²) in [7, 11) is 3.97. The summed E-state index contributed by atoms with van der Waals surface area (Å²) in [6.45, 7) is 0.835. The predicted octanol–water partition coefficient (Wildman–Crippen LogP) is 3.90. The average Bonchev–Trinajstić information content (AvgIpc) is 3.33. The van der Waals surface area contributed by atoms with Crippen LogP contribution in [0.3, 0.4) is 0 Å². The summed E-state index contributed by atoms with van der Waals surface area (Å²) >= 11 is 0. The smallest absolute Gasteiger partial charge is 0.181 e. The maximum absolute atomic E-state index is 14.6. The van der Waals surface area contributed by atoms with Crippen LogP contribution >= 0.6 is 0 Å². The summed E-state index contributed by atoms with van der Waals surface area (Å²) in [5, 5.41) is 14.7. The van der Waals surface area contributed by atoms with Crippen LogP contribution in [0.2, 0.25) is 0 Å². The number of hydrogen-bond acceptors (Lipinski definition) is 4. The van der Waals surface area contributed by atoms with E-state index in [-0.39, 0.29) is 11.3 Å². The van der Waals surface area contributed by atoms with Gasteiger partial charge in [0.25, 0.3) is 0 Å². The Balaban J connectivity index is 1.65. The fourth-order valence-corrected chi connectivity index (χ4v) is 2.97. The first-order valence-corrected chi connectivity index (χ1v) is 9.17. The Labute approximate surface area is 166 Å². The highest BCUT2D eigenvalue weighted by atomic mass is 19.1. The van der Waals surface area contributed by atoms with Gasteiger partial charge in [0.1, 0.15) is 17.2 Å². The molecule has 2 N–H and O–H groups in total. The summed E-state index contributed by atoms with van der Waals surface area (Å²) in [6, 6.07) is 9.30. The Kier molecular flexibility index (Phi) is 5.18. The lowest BCUT2D eigenvalue weighted by atomic mass is 10.1. The summed E-state index contributed by atoms with van der Waals surface area (Å²) in [5.74, 6) is 0.444. The Morgan fingerprint density at radius 1 is 1.00 bits per heavy atom. The zero-order valence-electron chi connectivity index (χ0n) is 16.1. The molecule has 0 radical (unpaired) electrons. The van der Waals surface area contributed by atoms with Crippen LogP contribution in [0.25, 0.3) is 34.4 Å². The number of benzene rings is 2. The van der Waals surface area contributed by atoms with Gasteiger partial charge in [-0.1, -0.05) is 18.2 Å². The molecule has 0 unspecified atom stereocenters. The van der Waals surface area contributed by atoms with Crippen LogP contribution in [-0.2, 0) is 6.42 Å². The number of H-pyrrole nitrogens is 2. The van der Waals surface area contributed by atoms with Crippen molar-refractivity contribution in [3.8, 4) is 11.4 Å². The molecule has 0 fully saturated rings. The van der Waals surface area contributed by atoms with Gasteiger partial charge >= 0.3 is 0 Å². The maximum atomic E-state index is 14.6. The van der Waals surface area contributed by atoms with E-state index < -0.39 is 5.82 Å². The second-order valence-corrected chi connectivity index (χ2v) is 7.04. The van der Waals surface area contributed by atoms with Crippen molar-refractivity contribution < 1.29 is 8.78 Å². The fraction of sp³-hybridized carbons (Fsp3) is 0.190. The highest BCUT2D eigenvalue weighted by molar-refractivity contribution is 5.92. The number of hydrogen-bond donors (Lipinski definition) is 2. The molecule has 4 rings (SSSR count). The molecule has 6 nitrogen and oxygen atoms in total. The number of rotatable bonds is 6. The summed E-state index contributed by atoms with van der Waals surface area (Å²) in [5.41, 5.74) is 2.29. The first kappa shape index (κ1) is 18.9. The zero-order valence-corrected chi connectivity index (χ0v) is 16.1. The third-order valence-electron chi connectivity index (χ3n) is 4.54. The molecule has 4 aromatic rings. The summed E-state index contributed by atoms with van der Waals surface area (Å²) < 4.78 is 27.6. The van der Waals surface area contributed by atoms with E-state index in [1.165, 1.54) is 18.2 Å². The third-order valence-corrected chi connectivity index (χ3v) is 4.54. The largest absolute Gasteiger partial charge is 0.309 e. The number of aromatic amines is 2. The van der Waals surface area contributed by atoms with E-state index >= 15 is 0 Å². The predicted molar refractivity (Wildman–Crippen MR) is 109 cm³/mol. The summed E-state index contributed by atoms with van der Waals surface area (Å²) in [4.78, 5) is 6.53. The number of likely N-dealkylation sites (N-methyl/N-ethyl adjacent to an activating group) is 1. The number of aromatic nitrogens is 5. The van der Waals surface area contributed by atoms with E-state index in [9.17, 15) is 8.78 Å². The van der Waals surface area contributed by atoms with Gasteiger partial charge in [-0.05, 0) is 50.0 Å². The first-order valence-electron chi connectivity index (χ1n) is 9.17. The number of halogens is 2. The second-order valence-electron chi connectivity index (χ2n) is 7.04. The van der Waals surface area contributed by atoms with Crippen LogP contribution in [0.5, 0.6) is 0 Å². The molecular formula is C21H20F2N6. The van der Waals surface area contributed by atoms with Crippen molar-refractivity contribution in [2.45, 2.75) is 6.42 Å². The molecule has 0 aliphatic rings. The van der Waals surface area contributed by atoms with Crippen molar-refractivity contribution in [3.05, 3.63) is 65.1 Å². The topological polar surface area (TPSA) is 73.5 Å². The molecule has 0 aliphatic heterocycles. The maximum Gasteiger partial charge on any atom is 0.181 e. The Morgan fingerprint density at radius 3 is 2.55 bits per heavy atom. The van der Waals surface area contributed by atoms with Gasteiger partial charge in [0.15, 0.2) is 11.6 Å². The van der Waals surface area contributed by atoms with Crippen LogP contribution in [0.4, 0.5) is 8.78 Å². The molecule has 0 bridgehead atoms.